The zero-order valence-corrected chi connectivity index (χ0v) is 23.6. The maximum Gasteiger partial charge on any atom is 0.341 e. The predicted molar refractivity (Wildman–Crippen MR) is 143 cm³/mol. The third-order valence-corrected chi connectivity index (χ3v) is 8.79. The molecule has 0 saturated carbocycles. The first-order chi connectivity index (χ1) is 18.0. The molecule has 1 aromatic carbocycles. The van der Waals surface area contributed by atoms with Crippen LogP contribution in [0.25, 0.3) is 0 Å². The highest BCUT2D eigenvalue weighted by Crippen LogP contribution is 2.35. The minimum atomic E-state index is -3.76. The molecule has 2 aromatic rings. The molecule has 1 saturated heterocycles. The number of hydrogen-bond donors (Lipinski definition) is 2. The van der Waals surface area contributed by atoms with E-state index in [0.29, 0.717) is 35.1 Å². The number of rotatable bonds is 10. The Balaban J connectivity index is 1.81. The normalized spacial score (nSPS) is 14.0. The summed E-state index contributed by atoms with van der Waals surface area (Å²) in [6.45, 7) is 4.28. The lowest BCUT2D eigenvalue weighted by Gasteiger charge is -2.26. The van der Waals surface area contributed by atoms with Crippen LogP contribution in [0, 0.1) is 6.92 Å². The molecule has 1 aromatic heterocycles. The molecule has 208 valence electrons. The first kappa shape index (κ1) is 29.4. The van der Waals surface area contributed by atoms with Gasteiger partial charge in [0, 0.05) is 27.2 Å². The second-order valence-corrected chi connectivity index (χ2v) is 11.4. The summed E-state index contributed by atoms with van der Waals surface area (Å²) in [4.78, 5) is 39.8. The standard InChI is InChI=1S/C24H32N4O8S2/c1-6-36-24(31)20-15(2)21(23(30)27(3)4)37-22(20)26-19(29)14-25-17-13-16(7-8-18(17)34-5)38(32,33)28-9-11-35-12-10-28/h7-8,13,25H,6,9-12,14H2,1-5H3,(H,26,29). The highest BCUT2D eigenvalue weighted by molar-refractivity contribution is 7.89. The van der Waals surface area contributed by atoms with Crippen molar-refractivity contribution in [3.05, 3.63) is 34.2 Å². The fourth-order valence-electron chi connectivity index (χ4n) is 3.73. The molecule has 2 amide bonds. The number of anilines is 2. The Morgan fingerprint density at radius 3 is 2.47 bits per heavy atom. The van der Waals surface area contributed by atoms with Gasteiger partial charge in [-0.3, -0.25) is 9.59 Å². The molecule has 0 bridgehead atoms. The van der Waals surface area contributed by atoms with E-state index in [1.54, 1.807) is 27.9 Å². The van der Waals surface area contributed by atoms with E-state index in [1.165, 1.54) is 34.5 Å². The molecule has 0 spiro atoms. The van der Waals surface area contributed by atoms with E-state index in [2.05, 4.69) is 10.6 Å². The zero-order valence-electron chi connectivity index (χ0n) is 22.0. The first-order valence-corrected chi connectivity index (χ1v) is 14.1. The molecule has 0 unspecified atom stereocenters. The summed E-state index contributed by atoms with van der Waals surface area (Å²) in [5.41, 5.74) is 0.832. The van der Waals surface area contributed by atoms with E-state index in [9.17, 15) is 22.8 Å². The summed E-state index contributed by atoms with van der Waals surface area (Å²) in [5, 5.41) is 5.77. The lowest BCUT2D eigenvalue weighted by Crippen LogP contribution is -2.40. The number of methoxy groups -OCH3 is 1. The number of nitrogens with one attached hydrogen (secondary N) is 2. The molecule has 12 nitrogen and oxygen atoms in total. The monoisotopic (exact) mass is 568 g/mol. The molecular formula is C24H32N4O8S2. The summed E-state index contributed by atoms with van der Waals surface area (Å²) >= 11 is 0.985. The van der Waals surface area contributed by atoms with E-state index in [-0.39, 0.29) is 47.6 Å². The van der Waals surface area contributed by atoms with E-state index in [1.807, 2.05) is 0 Å². The van der Waals surface area contributed by atoms with Gasteiger partial charge in [0.1, 0.15) is 10.8 Å². The third-order valence-electron chi connectivity index (χ3n) is 5.70. The molecule has 1 aliphatic heterocycles. The minimum Gasteiger partial charge on any atom is -0.495 e. The number of carbonyl (C=O) groups is 3. The molecule has 3 rings (SSSR count). The van der Waals surface area contributed by atoms with Crippen LogP contribution in [0.3, 0.4) is 0 Å². The Bertz CT molecular complexity index is 1300. The van der Waals surface area contributed by atoms with Gasteiger partial charge in [-0.2, -0.15) is 4.31 Å². The quantitative estimate of drug-likeness (QED) is 0.411. The lowest BCUT2D eigenvalue weighted by molar-refractivity contribution is -0.114. The molecule has 1 fully saturated rings. The van der Waals surface area contributed by atoms with Crippen LogP contribution in [0.1, 0.15) is 32.5 Å². The van der Waals surface area contributed by atoms with Crippen LogP contribution in [0.4, 0.5) is 10.7 Å². The summed E-state index contributed by atoms with van der Waals surface area (Å²) in [7, 11) is 0.851. The fourth-order valence-corrected chi connectivity index (χ4v) is 6.39. The molecule has 0 atom stereocenters. The number of ether oxygens (including phenoxy) is 3. The van der Waals surface area contributed by atoms with Crippen molar-refractivity contribution in [3.63, 3.8) is 0 Å². The van der Waals surface area contributed by atoms with Crippen molar-refractivity contribution in [3.8, 4) is 5.75 Å². The van der Waals surface area contributed by atoms with Crippen molar-refractivity contribution >= 4 is 49.8 Å². The number of thiophene rings is 1. The van der Waals surface area contributed by atoms with Crippen LogP contribution < -0.4 is 15.4 Å². The number of carbonyl (C=O) groups excluding carboxylic acids is 3. The topological polar surface area (TPSA) is 144 Å². The van der Waals surface area contributed by atoms with Crippen molar-refractivity contribution in [1.29, 1.82) is 0 Å². The molecule has 2 N–H and O–H groups in total. The number of amides is 2. The molecule has 1 aliphatic rings. The van der Waals surface area contributed by atoms with E-state index < -0.39 is 21.9 Å². The molecule has 2 heterocycles. The summed E-state index contributed by atoms with van der Waals surface area (Å²) in [5.74, 6) is -1.13. The highest BCUT2D eigenvalue weighted by atomic mass is 32.2. The number of morpholine rings is 1. The average Bonchev–Trinajstić information content (AvgIpc) is 3.22. The van der Waals surface area contributed by atoms with E-state index in [0.717, 1.165) is 11.3 Å². The molecule has 0 radical (unpaired) electrons. The maximum atomic E-state index is 13.1. The SMILES string of the molecule is CCOC(=O)c1c(NC(=O)CNc2cc(S(=O)(=O)N3CCOCC3)ccc2OC)sc(C(=O)N(C)C)c1C. The Morgan fingerprint density at radius 2 is 1.87 bits per heavy atom. The second-order valence-electron chi connectivity index (χ2n) is 8.46. The van der Waals surface area contributed by atoms with Crippen molar-refractivity contribution < 1.29 is 37.0 Å². The van der Waals surface area contributed by atoms with E-state index >= 15 is 0 Å². The number of sulfonamides is 1. The summed E-state index contributed by atoms with van der Waals surface area (Å²) in [6.07, 6.45) is 0. The van der Waals surface area contributed by atoms with Gasteiger partial charge >= 0.3 is 5.97 Å². The summed E-state index contributed by atoms with van der Waals surface area (Å²) in [6, 6.07) is 4.36. The first-order valence-electron chi connectivity index (χ1n) is 11.8. The second kappa shape index (κ2) is 12.6. The number of esters is 1. The van der Waals surface area contributed by atoms with Gasteiger partial charge in [-0.05, 0) is 37.6 Å². The number of hydrogen-bond acceptors (Lipinski definition) is 10. The van der Waals surface area contributed by atoms with Gasteiger partial charge in [-0.25, -0.2) is 13.2 Å². The fraction of sp³-hybridized carbons (Fsp3) is 0.458. The lowest BCUT2D eigenvalue weighted by atomic mass is 10.1. The predicted octanol–water partition coefficient (Wildman–Crippen LogP) is 2.02. The van der Waals surface area contributed by atoms with Crippen LogP contribution in [0.5, 0.6) is 5.75 Å². The van der Waals surface area contributed by atoms with Crippen molar-refractivity contribution in [2.24, 2.45) is 0 Å². The Kier molecular flexibility index (Phi) is 9.71. The van der Waals surface area contributed by atoms with Crippen LogP contribution >= 0.6 is 11.3 Å². The number of nitrogens with zero attached hydrogens (tertiary/aromatic N) is 2. The Morgan fingerprint density at radius 1 is 1.18 bits per heavy atom. The molecule has 14 heteroatoms. The smallest absolute Gasteiger partial charge is 0.341 e. The number of benzene rings is 1. The average molecular weight is 569 g/mol. The molecule has 0 aliphatic carbocycles. The zero-order chi connectivity index (χ0) is 28.0. The van der Waals surface area contributed by atoms with Gasteiger partial charge < -0.3 is 29.7 Å². The molecular weight excluding hydrogens is 536 g/mol. The molecule has 38 heavy (non-hydrogen) atoms. The van der Waals surface area contributed by atoms with Crippen molar-refractivity contribution in [1.82, 2.24) is 9.21 Å². The van der Waals surface area contributed by atoms with E-state index in [4.69, 9.17) is 14.2 Å². The summed E-state index contributed by atoms with van der Waals surface area (Å²) < 4.78 is 43.2. The van der Waals surface area contributed by atoms with Crippen LogP contribution in [-0.4, -0.2) is 96.1 Å². The maximum absolute atomic E-state index is 13.1. The highest BCUT2D eigenvalue weighted by Gasteiger charge is 2.29. The van der Waals surface area contributed by atoms with Crippen LogP contribution in [0.15, 0.2) is 23.1 Å². The van der Waals surface area contributed by atoms with Crippen molar-refractivity contribution in [2.45, 2.75) is 18.7 Å². The Hall–Kier alpha value is -3.20. The largest absolute Gasteiger partial charge is 0.495 e. The minimum absolute atomic E-state index is 0.0495. The van der Waals surface area contributed by atoms with Crippen LogP contribution in [0.2, 0.25) is 0 Å². The Labute approximate surface area is 225 Å². The van der Waals surface area contributed by atoms with Gasteiger partial charge in [0.2, 0.25) is 15.9 Å². The van der Waals surface area contributed by atoms with Crippen LogP contribution in [-0.2, 0) is 24.3 Å². The van der Waals surface area contributed by atoms with Gasteiger partial charge in [0.05, 0.1) is 54.5 Å². The van der Waals surface area contributed by atoms with Crippen molar-refractivity contribution in [2.75, 3.05) is 71.3 Å². The van der Waals surface area contributed by atoms with Gasteiger partial charge in [0.25, 0.3) is 5.91 Å². The van der Waals surface area contributed by atoms with Gasteiger partial charge in [-0.15, -0.1) is 11.3 Å². The third kappa shape index (κ3) is 6.43. The van der Waals surface area contributed by atoms with Gasteiger partial charge in [0.15, 0.2) is 0 Å². The van der Waals surface area contributed by atoms with Gasteiger partial charge in [-0.1, -0.05) is 0 Å².